The molecule has 2 aromatic carbocycles. The molecule has 1 saturated heterocycles. The van der Waals surface area contributed by atoms with Crippen molar-refractivity contribution in [1.82, 2.24) is 10.2 Å². The summed E-state index contributed by atoms with van der Waals surface area (Å²) in [7, 11) is 1.79. The molecule has 7 heteroatoms. The van der Waals surface area contributed by atoms with Crippen LogP contribution in [0.3, 0.4) is 0 Å². The molecule has 0 aromatic heterocycles. The van der Waals surface area contributed by atoms with Crippen molar-refractivity contribution in [1.29, 1.82) is 0 Å². The summed E-state index contributed by atoms with van der Waals surface area (Å²) in [6, 6.07) is 17.3. The fourth-order valence-corrected chi connectivity index (χ4v) is 3.22. The van der Waals surface area contributed by atoms with E-state index in [-0.39, 0.29) is 30.1 Å². The molecule has 3 N–H and O–H groups in total. The summed E-state index contributed by atoms with van der Waals surface area (Å²) in [5.74, 6) is 1.37. The van der Waals surface area contributed by atoms with Crippen LogP contribution in [0, 0.1) is 0 Å². The number of amides is 1. The first kappa shape index (κ1) is 22.0. The number of carbonyl (C=O) groups excluding carboxylic acids is 1. The van der Waals surface area contributed by atoms with Crippen LogP contribution < -0.4 is 15.8 Å². The molecule has 6 nitrogen and oxygen atoms in total. The molecule has 1 aliphatic heterocycles. The molecule has 0 radical (unpaired) electrons. The van der Waals surface area contributed by atoms with E-state index in [4.69, 9.17) is 10.5 Å². The van der Waals surface area contributed by atoms with Gasteiger partial charge in [-0.25, -0.2) is 0 Å². The number of primary amides is 1. The Kier molecular flexibility index (Phi) is 8.56. The number of hydrogen-bond acceptors (Lipinski definition) is 3. The van der Waals surface area contributed by atoms with Crippen molar-refractivity contribution in [3.63, 3.8) is 0 Å². The van der Waals surface area contributed by atoms with E-state index in [9.17, 15) is 4.79 Å². The summed E-state index contributed by atoms with van der Waals surface area (Å²) >= 11 is 0. The highest BCUT2D eigenvalue weighted by Gasteiger charge is 2.22. The Morgan fingerprint density at radius 1 is 1.18 bits per heavy atom. The largest absolute Gasteiger partial charge is 0.490 e. The van der Waals surface area contributed by atoms with Gasteiger partial charge in [0.25, 0.3) is 0 Å². The predicted molar refractivity (Wildman–Crippen MR) is 122 cm³/mol. The summed E-state index contributed by atoms with van der Waals surface area (Å²) in [4.78, 5) is 17.9. The number of ether oxygens (including phenoxy) is 1. The molecule has 1 amide bonds. The van der Waals surface area contributed by atoms with Gasteiger partial charge < -0.3 is 20.7 Å². The summed E-state index contributed by atoms with van der Waals surface area (Å²) < 4.78 is 6.05. The Labute approximate surface area is 183 Å². The van der Waals surface area contributed by atoms with Crippen molar-refractivity contribution >= 4 is 35.8 Å². The van der Waals surface area contributed by atoms with Gasteiger partial charge in [0.1, 0.15) is 11.9 Å². The molecule has 0 spiro atoms. The molecule has 0 unspecified atom stereocenters. The number of nitrogens with one attached hydrogen (secondary N) is 1. The lowest BCUT2D eigenvalue weighted by molar-refractivity contribution is 0.1000. The van der Waals surface area contributed by atoms with Crippen molar-refractivity contribution < 1.29 is 9.53 Å². The van der Waals surface area contributed by atoms with E-state index >= 15 is 0 Å². The van der Waals surface area contributed by atoms with E-state index in [1.807, 2.05) is 48.5 Å². The minimum Gasteiger partial charge on any atom is -0.490 e. The van der Waals surface area contributed by atoms with Gasteiger partial charge in [-0.3, -0.25) is 9.79 Å². The van der Waals surface area contributed by atoms with Gasteiger partial charge in [-0.2, -0.15) is 0 Å². The Morgan fingerprint density at radius 2 is 1.89 bits per heavy atom. The maximum atomic E-state index is 11.3. The van der Waals surface area contributed by atoms with Gasteiger partial charge in [-0.1, -0.05) is 30.3 Å². The van der Waals surface area contributed by atoms with Gasteiger partial charge in [-0.15, -0.1) is 24.0 Å². The van der Waals surface area contributed by atoms with E-state index in [0.717, 1.165) is 43.2 Å². The zero-order chi connectivity index (χ0) is 19.1. The number of guanidine groups is 1. The number of nitrogens with two attached hydrogens (primary N) is 1. The number of likely N-dealkylation sites (tertiary alicyclic amines) is 1. The normalized spacial score (nSPS) is 14.9. The number of aliphatic imine (C=N–C) groups is 1. The lowest BCUT2D eigenvalue weighted by Crippen LogP contribution is -2.47. The van der Waals surface area contributed by atoms with Gasteiger partial charge >= 0.3 is 0 Å². The zero-order valence-corrected chi connectivity index (χ0v) is 18.3. The van der Waals surface area contributed by atoms with Gasteiger partial charge in [0.05, 0.1) is 0 Å². The maximum Gasteiger partial charge on any atom is 0.248 e. The topological polar surface area (TPSA) is 79.9 Å². The Hall–Kier alpha value is -2.29. The van der Waals surface area contributed by atoms with Crippen LogP contribution in [0.5, 0.6) is 5.75 Å². The van der Waals surface area contributed by atoms with Crippen molar-refractivity contribution in [3.05, 3.63) is 65.7 Å². The Morgan fingerprint density at radius 3 is 2.54 bits per heavy atom. The minimum atomic E-state index is -0.415. The number of hydrogen-bond donors (Lipinski definition) is 2. The van der Waals surface area contributed by atoms with Crippen LogP contribution in [0.15, 0.2) is 59.6 Å². The SMILES string of the molecule is CN=C(NCc1cccc(C(N)=O)c1)N1CCC(Oc2ccccc2)CC1.I. The molecule has 28 heavy (non-hydrogen) atoms. The van der Waals surface area contributed by atoms with Crippen LogP contribution in [-0.2, 0) is 6.54 Å². The molecule has 150 valence electrons. The fourth-order valence-electron chi connectivity index (χ4n) is 3.22. The molecule has 0 bridgehead atoms. The van der Waals surface area contributed by atoms with Crippen LogP contribution in [0.4, 0.5) is 0 Å². The van der Waals surface area contributed by atoms with Crippen LogP contribution in [0.25, 0.3) is 0 Å². The van der Waals surface area contributed by atoms with Gasteiger partial charge in [0, 0.05) is 45.1 Å². The maximum absolute atomic E-state index is 11.3. The number of piperidine rings is 1. The third-order valence-electron chi connectivity index (χ3n) is 4.66. The molecule has 1 heterocycles. The first-order valence-corrected chi connectivity index (χ1v) is 9.22. The molecule has 0 saturated carbocycles. The fraction of sp³-hybridized carbons (Fsp3) is 0.333. The van der Waals surface area contributed by atoms with E-state index in [1.54, 1.807) is 13.1 Å². The average Bonchev–Trinajstić information content (AvgIpc) is 2.70. The average molecular weight is 494 g/mol. The summed E-state index contributed by atoms with van der Waals surface area (Å²) in [6.45, 7) is 2.37. The molecule has 3 rings (SSSR count). The number of rotatable bonds is 5. The van der Waals surface area contributed by atoms with Crippen molar-refractivity contribution in [2.24, 2.45) is 10.7 Å². The second-order valence-electron chi connectivity index (χ2n) is 6.58. The van der Waals surface area contributed by atoms with Crippen LogP contribution >= 0.6 is 24.0 Å². The quantitative estimate of drug-likeness (QED) is 0.381. The smallest absolute Gasteiger partial charge is 0.248 e. The molecule has 0 atom stereocenters. The van der Waals surface area contributed by atoms with E-state index < -0.39 is 5.91 Å². The molecule has 1 aliphatic rings. The highest BCUT2D eigenvalue weighted by atomic mass is 127. The van der Waals surface area contributed by atoms with Crippen LogP contribution in [0.1, 0.15) is 28.8 Å². The zero-order valence-electron chi connectivity index (χ0n) is 16.0. The van der Waals surface area contributed by atoms with Gasteiger partial charge in [-0.05, 0) is 29.8 Å². The minimum absolute atomic E-state index is 0. The van der Waals surface area contributed by atoms with E-state index in [2.05, 4.69) is 15.2 Å². The highest BCUT2D eigenvalue weighted by molar-refractivity contribution is 14.0. The van der Waals surface area contributed by atoms with Gasteiger partial charge in [0.15, 0.2) is 5.96 Å². The lowest BCUT2D eigenvalue weighted by Gasteiger charge is -2.34. The second-order valence-corrected chi connectivity index (χ2v) is 6.58. The summed E-state index contributed by atoms with van der Waals surface area (Å²) in [6.07, 6.45) is 2.13. The number of carbonyl (C=O) groups is 1. The Balaban J connectivity index is 0.00000280. The third kappa shape index (κ3) is 6.12. The first-order valence-electron chi connectivity index (χ1n) is 9.22. The number of para-hydroxylation sites is 1. The summed E-state index contributed by atoms with van der Waals surface area (Å²) in [5.41, 5.74) is 6.86. The number of halogens is 1. The summed E-state index contributed by atoms with van der Waals surface area (Å²) in [5, 5.41) is 3.37. The van der Waals surface area contributed by atoms with E-state index in [1.165, 1.54) is 0 Å². The third-order valence-corrected chi connectivity index (χ3v) is 4.66. The Bertz CT molecular complexity index is 790. The molecule has 0 aliphatic carbocycles. The monoisotopic (exact) mass is 494 g/mol. The number of nitrogens with zero attached hydrogens (tertiary/aromatic N) is 2. The first-order chi connectivity index (χ1) is 13.2. The van der Waals surface area contributed by atoms with Gasteiger partial charge in [0.2, 0.25) is 5.91 Å². The van der Waals surface area contributed by atoms with Crippen molar-refractivity contribution in [2.75, 3.05) is 20.1 Å². The van der Waals surface area contributed by atoms with Crippen LogP contribution in [-0.4, -0.2) is 43.0 Å². The van der Waals surface area contributed by atoms with E-state index in [0.29, 0.717) is 12.1 Å². The van der Waals surface area contributed by atoms with Crippen LogP contribution in [0.2, 0.25) is 0 Å². The number of benzene rings is 2. The second kappa shape index (κ2) is 10.9. The highest BCUT2D eigenvalue weighted by Crippen LogP contribution is 2.18. The lowest BCUT2D eigenvalue weighted by atomic mass is 10.1. The molecule has 2 aromatic rings. The predicted octanol–water partition coefficient (Wildman–Crippen LogP) is 3.02. The van der Waals surface area contributed by atoms with Crippen molar-refractivity contribution in [3.8, 4) is 5.75 Å². The standard InChI is InChI=1S/C21H26N4O2.HI/c1-23-21(24-15-16-6-5-7-17(14-16)20(22)26)25-12-10-19(11-13-25)27-18-8-3-2-4-9-18;/h2-9,14,19H,10-13,15H2,1H3,(H2,22,26)(H,23,24);1H. The van der Waals surface area contributed by atoms with Crippen molar-refractivity contribution in [2.45, 2.75) is 25.5 Å². The molecular formula is C21H27IN4O2. The molecule has 1 fully saturated rings. The molecular weight excluding hydrogens is 467 g/mol.